The van der Waals surface area contributed by atoms with Crippen LogP contribution in [0.3, 0.4) is 0 Å². The van der Waals surface area contributed by atoms with Crippen molar-refractivity contribution in [2.45, 2.75) is 11.3 Å². The van der Waals surface area contributed by atoms with Crippen LogP contribution in [-0.2, 0) is 5.41 Å². The Morgan fingerprint density at radius 3 is 1.61 bits per heavy atom. The number of nitrogens with zero attached hydrogens (tertiary/aromatic N) is 2. The Morgan fingerprint density at radius 2 is 0.848 bits per heavy atom. The highest BCUT2D eigenvalue weighted by atomic mass is 15.1. The molecule has 2 unspecified atom stereocenters. The van der Waals surface area contributed by atoms with Crippen LogP contribution in [0.5, 0.6) is 0 Å². The molecule has 372 valence electrons. The van der Waals surface area contributed by atoms with Gasteiger partial charge in [0.2, 0.25) is 0 Å². The molecule has 2 heteroatoms. The van der Waals surface area contributed by atoms with Crippen molar-refractivity contribution in [3.63, 3.8) is 0 Å². The van der Waals surface area contributed by atoms with E-state index in [-0.39, 0.29) is 11.8 Å². The molecule has 0 saturated carbocycles. The molecule has 1 aromatic heterocycles. The van der Waals surface area contributed by atoms with E-state index in [0.29, 0.717) is 0 Å². The summed E-state index contributed by atoms with van der Waals surface area (Å²) < 4.78 is 2.47. The smallest absolute Gasteiger partial charge is 0.0541 e. The van der Waals surface area contributed by atoms with Crippen LogP contribution in [0.4, 0.5) is 17.1 Å². The number of para-hydroxylation sites is 2. The van der Waals surface area contributed by atoms with E-state index in [1.165, 1.54) is 82.7 Å². The molecule has 0 spiro atoms. The number of allylic oxidation sites excluding steroid dienone is 4. The van der Waals surface area contributed by atoms with Gasteiger partial charge in [0.05, 0.1) is 16.4 Å². The fourth-order valence-electron chi connectivity index (χ4n) is 13.3. The first-order valence-electron chi connectivity index (χ1n) is 27.6. The Kier molecular flexibility index (Phi) is 11.3. The van der Waals surface area contributed by atoms with Crippen molar-refractivity contribution >= 4 is 49.6 Å². The first kappa shape index (κ1) is 46.3. The van der Waals surface area contributed by atoms with Gasteiger partial charge in [-0.2, -0.15) is 0 Å². The summed E-state index contributed by atoms with van der Waals surface area (Å²) in [4.78, 5) is 2.44. The van der Waals surface area contributed by atoms with Crippen LogP contribution in [0.1, 0.15) is 28.2 Å². The zero-order chi connectivity index (χ0) is 52.3. The maximum Gasteiger partial charge on any atom is 0.0541 e. The van der Waals surface area contributed by atoms with Gasteiger partial charge in [0, 0.05) is 45.4 Å². The molecule has 0 aliphatic heterocycles. The summed E-state index contributed by atoms with van der Waals surface area (Å²) in [6, 6.07) is 108. The Balaban J connectivity index is 0.863. The van der Waals surface area contributed by atoms with E-state index in [4.69, 9.17) is 0 Å². The third kappa shape index (κ3) is 7.86. The first-order valence-corrected chi connectivity index (χ1v) is 27.6. The molecule has 0 amide bonds. The Labute approximate surface area is 461 Å². The summed E-state index contributed by atoms with van der Waals surface area (Å²) in [6.45, 7) is 0. The Morgan fingerprint density at radius 1 is 0.316 bits per heavy atom. The monoisotopic (exact) mass is 1010 g/mol. The summed E-state index contributed by atoms with van der Waals surface area (Å²) in [7, 11) is 0. The number of fused-ring (bicyclic) bond motifs is 7. The molecule has 1 heterocycles. The van der Waals surface area contributed by atoms with Crippen LogP contribution in [0.2, 0.25) is 0 Å². The lowest BCUT2D eigenvalue weighted by Gasteiger charge is -2.39. The van der Waals surface area contributed by atoms with E-state index in [1.54, 1.807) is 0 Å². The SMILES string of the molecule is C1=CC2c3ccc(N(c4ccccc4)c4cccc(-c5ccc6c(c5)c5ccccc5n6-c5cc(-c6ccc(-c7ccccc7)cc6)cc(-c6ccc7ccccc7c6)c5)c4)cc3C(c3ccccc3)(c3ccccc3)C2C=C1. The molecule has 2 atom stereocenters. The van der Waals surface area contributed by atoms with Gasteiger partial charge in [-0.15, -0.1) is 0 Å². The predicted octanol–water partition coefficient (Wildman–Crippen LogP) is 20.2. The predicted molar refractivity (Wildman–Crippen MR) is 332 cm³/mol. The van der Waals surface area contributed by atoms with Crippen molar-refractivity contribution in [1.82, 2.24) is 4.57 Å². The molecule has 0 saturated heterocycles. The fourth-order valence-corrected chi connectivity index (χ4v) is 13.3. The second-order valence-corrected chi connectivity index (χ2v) is 21.2. The molecule has 0 fully saturated rings. The van der Waals surface area contributed by atoms with Gasteiger partial charge < -0.3 is 9.47 Å². The van der Waals surface area contributed by atoms with Crippen molar-refractivity contribution in [1.29, 1.82) is 0 Å². The lowest BCUT2D eigenvalue weighted by Crippen LogP contribution is -2.35. The Hall–Kier alpha value is -10.0. The highest BCUT2D eigenvalue weighted by Crippen LogP contribution is 2.60. The molecular weight excluding hydrogens is 953 g/mol. The van der Waals surface area contributed by atoms with Gasteiger partial charge in [0.1, 0.15) is 0 Å². The van der Waals surface area contributed by atoms with Crippen molar-refractivity contribution in [3.8, 4) is 50.2 Å². The number of anilines is 3. The lowest BCUT2D eigenvalue weighted by molar-refractivity contribution is 0.457. The average Bonchev–Trinajstić information content (AvgIpc) is 4.16. The van der Waals surface area contributed by atoms with E-state index < -0.39 is 5.41 Å². The van der Waals surface area contributed by atoms with Crippen LogP contribution in [0, 0.1) is 5.92 Å². The normalized spacial score (nSPS) is 15.1. The second kappa shape index (κ2) is 19.2. The van der Waals surface area contributed by atoms with Gasteiger partial charge in [0.15, 0.2) is 0 Å². The minimum atomic E-state index is -0.397. The maximum atomic E-state index is 2.50. The zero-order valence-electron chi connectivity index (χ0n) is 43.6. The third-order valence-electron chi connectivity index (χ3n) is 16.9. The first-order chi connectivity index (χ1) is 39.2. The standard InChI is InChI=1S/C77H54N2/c1-5-20-53(21-6-1)55-36-38-56(39-37-55)61-47-62(59-41-40-54-22-13-14-23-57(54)46-59)50-68(49-61)79-75-35-18-16-33-71(75)72-51-60(42-45-76(72)79)58-24-19-31-66(48-58)78(65-29-11-4-12-30-65)67-43-44-70-69-32-15-17-34-73(69)77(74(70)52-67,63-25-7-2-8-26-63)64-27-9-3-10-28-64/h1-52,69,73H. The van der Waals surface area contributed by atoms with Gasteiger partial charge in [-0.05, 0) is 156 Å². The molecule has 2 aliphatic carbocycles. The van der Waals surface area contributed by atoms with E-state index in [9.17, 15) is 0 Å². The van der Waals surface area contributed by atoms with Gasteiger partial charge in [-0.3, -0.25) is 0 Å². The molecule has 0 bridgehead atoms. The van der Waals surface area contributed by atoms with Crippen LogP contribution in [0.25, 0.3) is 82.8 Å². The van der Waals surface area contributed by atoms with E-state index in [1.807, 2.05) is 0 Å². The lowest BCUT2D eigenvalue weighted by atomic mass is 9.63. The van der Waals surface area contributed by atoms with Gasteiger partial charge in [-0.25, -0.2) is 0 Å². The number of aromatic nitrogens is 1. The van der Waals surface area contributed by atoms with E-state index >= 15 is 0 Å². The molecule has 15 rings (SSSR count). The number of hydrogen-bond acceptors (Lipinski definition) is 1. The van der Waals surface area contributed by atoms with Crippen LogP contribution >= 0.6 is 0 Å². The number of hydrogen-bond donors (Lipinski definition) is 0. The van der Waals surface area contributed by atoms with Gasteiger partial charge in [-0.1, -0.05) is 237 Å². The van der Waals surface area contributed by atoms with Crippen molar-refractivity contribution in [2.24, 2.45) is 5.92 Å². The topological polar surface area (TPSA) is 8.17 Å². The maximum absolute atomic E-state index is 2.50. The molecule has 79 heavy (non-hydrogen) atoms. The highest BCUT2D eigenvalue weighted by Gasteiger charge is 2.53. The summed E-state index contributed by atoms with van der Waals surface area (Å²) in [6.07, 6.45) is 9.34. The van der Waals surface area contributed by atoms with Crippen LogP contribution < -0.4 is 4.90 Å². The van der Waals surface area contributed by atoms with Crippen molar-refractivity contribution in [2.75, 3.05) is 4.90 Å². The molecule has 13 aromatic rings. The minimum absolute atomic E-state index is 0.218. The third-order valence-corrected chi connectivity index (χ3v) is 16.9. The van der Waals surface area contributed by atoms with Gasteiger partial charge >= 0.3 is 0 Å². The minimum Gasteiger partial charge on any atom is -0.310 e. The van der Waals surface area contributed by atoms with Crippen LogP contribution in [0.15, 0.2) is 315 Å². The largest absolute Gasteiger partial charge is 0.310 e. The van der Waals surface area contributed by atoms with Gasteiger partial charge in [0.25, 0.3) is 0 Å². The number of benzene rings is 12. The molecule has 0 N–H and O–H groups in total. The van der Waals surface area contributed by atoms with Crippen LogP contribution in [-0.4, -0.2) is 4.57 Å². The van der Waals surface area contributed by atoms with Crippen molar-refractivity contribution < 1.29 is 0 Å². The summed E-state index contributed by atoms with van der Waals surface area (Å²) >= 11 is 0. The summed E-state index contributed by atoms with van der Waals surface area (Å²) in [5.41, 5.74) is 21.2. The average molecular weight is 1010 g/mol. The zero-order valence-corrected chi connectivity index (χ0v) is 43.6. The summed E-state index contributed by atoms with van der Waals surface area (Å²) in [5, 5.41) is 4.90. The molecule has 2 nitrogen and oxygen atoms in total. The summed E-state index contributed by atoms with van der Waals surface area (Å²) in [5.74, 6) is 0.465. The fraction of sp³-hybridized carbons (Fsp3) is 0.0390. The molecule has 12 aromatic carbocycles. The molecular formula is C77H54N2. The molecule has 2 aliphatic rings. The quantitative estimate of drug-likeness (QED) is 0.133. The van der Waals surface area contributed by atoms with E-state index in [0.717, 1.165) is 39.4 Å². The van der Waals surface area contributed by atoms with E-state index in [2.05, 4.69) is 325 Å². The second-order valence-electron chi connectivity index (χ2n) is 21.2. The highest BCUT2D eigenvalue weighted by molar-refractivity contribution is 6.11. The molecule has 0 radical (unpaired) electrons. The number of rotatable bonds is 10. The Bertz CT molecular complexity index is 4430. The van der Waals surface area contributed by atoms with Crippen molar-refractivity contribution in [3.05, 3.63) is 338 Å².